The number of hydrogen-bond donors (Lipinski definition) is 1. The lowest BCUT2D eigenvalue weighted by atomic mass is 10.0. The molecule has 3 nitrogen and oxygen atoms in total. The fraction of sp³-hybridized carbons (Fsp3) is 0.471. The van der Waals surface area contributed by atoms with Gasteiger partial charge in [0.1, 0.15) is 11.6 Å². The third kappa shape index (κ3) is 3.91. The lowest BCUT2D eigenvalue weighted by Crippen LogP contribution is -2.26. The number of aryl methyl sites for hydroxylation is 2. The molecule has 0 amide bonds. The smallest absolute Gasteiger partial charge is 0.128 e. The van der Waals surface area contributed by atoms with E-state index in [9.17, 15) is 4.39 Å². The Morgan fingerprint density at radius 2 is 2.14 bits per heavy atom. The van der Waals surface area contributed by atoms with Crippen LogP contribution in [0.25, 0.3) is 0 Å². The van der Waals surface area contributed by atoms with Gasteiger partial charge in [-0.3, -0.25) is 0 Å². The van der Waals surface area contributed by atoms with Gasteiger partial charge < -0.3 is 9.88 Å². The molecule has 1 atom stereocenters. The normalized spacial score (nSPS) is 12.6. The highest BCUT2D eigenvalue weighted by Crippen LogP contribution is 2.22. The van der Waals surface area contributed by atoms with Crippen molar-refractivity contribution in [1.29, 1.82) is 0 Å². The maximum absolute atomic E-state index is 14.3. The Bertz CT molecular complexity index is 577. The van der Waals surface area contributed by atoms with Crippen molar-refractivity contribution in [2.75, 3.05) is 6.54 Å². The summed E-state index contributed by atoms with van der Waals surface area (Å²) in [6.07, 6.45) is 5.49. The second-order valence-electron chi connectivity index (χ2n) is 5.37. The summed E-state index contributed by atoms with van der Waals surface area (Å²) in [5.74, 6) is 0.851. The van der Waals surface area contributed by atoms with Crippen molar-refractivity contribution in [1.82, 2.24) is 14.9 Å². The first-order valence-corrected chi connectivity index (χ1v) is 7.65. The van der Waals surface area contributed by atoms with E-state index in [1.54, 1.807) is 12.3 Å². The lowest BCUT2D eigenvalue weighted by Gasteiger charge is -2.20. The summed E-state index contributed by atoms with van der Waals surface area (Å²) >= 11 is 0. The molecule has 1 heterocycles. The molecule has 1 aromatic carbocycles. The van der Waals surface area contributed by atoms with Gasteiger partial charge in [-0.05, 0) is 38.4 Å². The summed E-state index contributed by atoms with van der Waals surface area (Å²) < 4.78 is 16.4. The van der Waals surface area contributed by atoms with E-state index in [-0.39, 0.29) is 11.9 Å². The predicted octanol–water partition coefficient (Wildman–Crippen LogP) is 3.63. The van der Waals surface area contributed by atoms with Crippen LogP contribution in [0.15, 0.2) is 30.6 Å². The standard InChI is InChI=1S/C17H24FN3/c1-4-8-19-16(12-17-20-9-10-21(17)5-2)14-7-6-13(3)11-15(14)18/h6-7,9-11,16,19H,4-5,8,12H2,1-3H3. The van der Waals surface area contributed by atoms with Gasteiger partial charge in [0, 0.05) is 37.0 Å². The number of hydrogen-bond acceptors (Lipinski definition) is 2. The largest absolute Gasteiger partial charge is 0.335 e. The average molecular weight is 289 g/mol. The summed E-state index contributed by atoms with van der Waals surface area (Å²) in [4.78, 5) is 4.41. The van der Waals surface area contributed by atoms with Crippen molar-refractivity contribution in [3.8, 4) is 0 Å². The van der Waals surface area contributed by atoms with Crippen molar-refractivity contribution in [3.05, 3.63) is 53.4 Å². The zero-order valence-electron chi connectivity index (χ0n) is 13.1. The fourth-order valence-electron chi connectivity index (χ4n) is 2.53. The van der Waals surface area contributed by atoms with Gasteiger partial charge >= 0.3 is 0 Å². The first-order valence-electron chi connectivity index (χ1n) is 7.65. The van der Waals surface area contributed by atoms with Gasteiger partial charge in [0.05, 0.1) is 0 Å². The second kappa shape index (κ2) is 7.36. The van der Waals surface area contributed by atoms with Crippen molar-refractivity contribution >= 4 is 0 Å². The topological polar surface area (TPSA) is 29.9 Å². The molecule has 0 bridgehead atoms. The molecule has 2 aromatic rings. The summed E-state index contributed by atoms with van der Waals surface area (Å²) in [6, 6.07) is 5.41. The van der Waals surface area contributed by atoms with E-state index in [4.69, 9.17) is 0 Å². The van der Waals surface area contributed by atoms with E-state index in [1.165, 1.54) is 0 Å². The molecule has 114 valence electrons. The second-order valence-corrected chi connectivity index (χ2v) is 5.37. The Kier molecular flexibility index (Phi) is 5.51. The molecule has 0 spiro atoms. The van der Waals surface area contributed by atoms with Crippen LogP contribution in [-0.4, -0.2) is 16.1 Å². The Morgan fingerprint density at radius 1 is 1.33 bits per heavy atom. The van der Waals surface area contributed by atoms with Gasteiger partial charge in [-0.15, -0.1) is 0 Å². The molecule has 0 fully saturated rings. The number of nitrogens with zero attached hydrogens (tertiary/aromatic N) is 2. The highest BCUT2D eigenvalue weighted by Gasteiger charge is 2.18. The quantitative estimate of drug-likeness (QED) is 0.843. The van der Waals surface area contributed by atoms with E-state index < -0.39 is 0 Å². The van der Waals surface area contributed by atoms with Gasteiger partial charge in [-0.1, -0.05) is 19.1 Å². The van der Waals surface area contributed by atoms with E-state index in [0.717, 1.165) is 36.5 Å². The monoisotopic (exact) mass is 289 g/mol. The average Bonchev–Trinajstić information content (AvgIpc) is 2.91. The van der Waals surface area contributed by atoms with Crippen LogP contribution in [0.1, 0.15) is 43.3 Å². The highest BCUT2D eigenvalue weighted by molar-refractivity contribution is 5.27. The van der Waals surface area contributed by atoms with Gasteiger partial charge in [0.2, 0.25) is 0 Å². The molecule has 1 N–H and O–H groups in total. The number of nitrogens with one attached hydrogen (secondary N) is 1. The van der Waals surface area contributed by atoms with Gasteiger partial charge in [0.25, 0.3) is 0 Å². The third-order valence-electron chi connectivity index (χ3n) is 3.70. The maximum atomic E-state index is 14.3. The molecule has 0 aliphatic heterocycles. The van der Waals surface area contributed by atoms with E-state index >= 15 is 0 Å². The first kappa shape index (κ1) is 15.7. The van der Waals surface area contributed by atoms with Crippen LogP contribution >= 0.6 is 0 Å². The van der Waals surface area contributed by atoms with Crippen LogP contribution in [0.3, 0.4) is 0 Å². The van der Waals surface area contributed by atoms with Crippen LogP contribution in [-0.2, 0) is 13.0 Å². The molecule has 4 heteroatoms. The molecule has 21 heavy (non-hydrogen) atoms. The number of rotatable bonds is 7. The van der Waals surface area contributed by atoms with E-state index in [2.05, 4.69) is 28.7 Å². The maximum Gasteiger partial charge on any atom is 0.128 e. The van der Waals surface area contributed by atoms with Gasteiger partial charge in [-0.25, -0.2) is 9.37 Å². The minimum Gasteiger partial charge on any atom is -0.335 e. The Labute approximate surface area is 126 Å². The molecule has 2 rings (SSSR count). The van der Waals surface area contributed by atoms with E-state index in [1.807, 2.05) is 25.3 Å². The molecular weight excluding hydrogens is 265 g/mol. The molecule has 0 saturated carbocycles. The van der Waals surface area contributed by atoms with Crippen molar-refractivity contribution in [2.24, 2.45) is 0 Å². The first-order chi connectivity index (χ1) is 10.2. The minimum atomic E-state index is -0.141. The SMILES string of the molecule is CCCNC(Cc1nccn1CC)c1ccc(C)cc1F. The van der Waals surface area contributed by atoms with Crippen LogP contribution in [0, 0.1) is 12.7 Å². The van der Waals surface area contributed by atoms with Crippen molar-refractivity contribution in [3.63, 3.8) is 0 Å². The Morgan fingerprint density at radius 3 is 2.81 bits per heavy atom. The van der Waals surface area contributed by atoms with Gasteiger partial charge in [0.15, 0.2) is 0 Å². The third-order valence-corrected chi connectivity index (χ3v) is 3.70. The number of halogens is 1. The molecule has 1 aromatic heterocycles. The van der Waals surface area contributed by atoms with Crippen LogP contribution in [0.5, 0.6) is 0 Å². The summed E-state index contributed by atoms with van der Waals surface area (Å²) in [6.45, 7) is 7.86. The zero-order valence-corrected chi connectivity index (χ0v) is 13.1. The minimum absolute atomic E-state index is 0.0433. The molecule has 1 unspecified atom stereocenters. The molecular formula is C17H24FN3. The Balaban J connectivity index is 2.25. The summed E-state index contributed by atoms with van der Waals surface area (Å²) in [5.41, 5.74) is 1.67. The molecule has 0 aliphatic rings. The number of imidazole rings is 1. The highest BCUT2D eigenvalue weighted by atomic mass is 19.1. The fourth-order valence-corrected chi connectivity index (χ4v) is 2.53. The predicted molar refractivity (Wildman–Crippen MR) is 83.8 cm³/mol. The molecule has 0 radical (unpaired) electrons. The number of aromatic nitrogens is 2. The zero-order chi connectivity index (χ0) is 15.2. The van der Waals surface area contributed by atoms with Crippen LogP contribution in [0.4, 0.5) is 4.39 Å². The lowest BCUT2D eigenvalue weighted by molar-refractivity contribution is 0.480. The van der Waals surface area contributed by atoms with Crippen LogP contribution in [0.2, 0.25) is 0 Å². The molecule has 0 saturated heterocycles. The van der Waals surface area contributed by atoms with Crippen LogP contribution < -0.4 is 5.32 Å². The number of benzene rings is 1. The summed E-state index contributed by atoms with van der Waals surface area (Å²) in [7, 11) is 0. The van der Waals surface area contributed by atoms with Gasteiger partial charge in [-0.2, -0.15) is 0 Å². The van der Waals surface area contributed by atoms with E-state index in [0.29, 0.717) is 6.42 Å². The summed E-state index contributed by atoms with van der Waals surface area (Å²) in [5, 5.41) is 3.44. The van der Waals surface area contributed by atoms with Crippen molar-refractivity contribution < 1.29 is 4.39 Å². The molecule has 0 aliphatic carbocycles. The van der Waals surface area contributed by atoms with Crippen molar-refractivity contribution in [2.45, 2.75) is 46.2 Å². The Hall–Kier alpha value is -1.68.